The van der Waals surface area contributed by atoms with Crippen LogP contribution in [0.2, 0.25) is 0 Å². The summed E-state index contributed by atoms with van der Waals surface area (Å²) in [5.74, 6) is -2.04. The summed E-state index contributed by atoms with van der Waals surface area (Å²) in [4.78, 5) is 7.01. The third-order valence-electron chi connectivity index (χ3n) is 4.53. The predicted molar refractivity (Wildman–Crippen MR) is 112 cm³/mol. The summed E-state index contributed by atoms with van der Waals surface area (Å²) >= 11 is 0. The number of pyridine rings is 1. The van der Waals surface area contributed by atoms with Gasteiger partial charge in [-0.25, -0.2) is 22.2 Å². The topological polar surface area (TPSA) is 114 Å². The molecule has 2 heterocycles. The molecule has 0 amide bonds. The minimum Gasteiger partial charge on any atom is -0.490 e. The number of rotatable bonds is 10. The molecule has 31 heavy (non-hydrogen) atoms. The van der Waals surface area contributed by atoms with Crippen LogP contribution in [-0.2, 0) is 14.8 Å². The lowest BCUT2D eigenvalue weighted by atomic mass is 10.00. The Morgan fingerprint density at radius 1 is 1.29 bits per heavy atom. The molecule has 3 N–H and O–H groups in total. The van der Waals surface area contributed by atoms with Gasteiger partial charge in [-0.2, -0.15) is 0 Å². The number of hydrogen-bond acceptors (Lipinski definition) is 6. The van der Waals surface area contributed by atoms with Gasteiger partial charge in [0.1, 0.15) is 29.9 Å². The van der Waals surface area contributed by atoms with Crippen LogP contribution < -0.4 is 9.46 Å². The van der Waals surface area contributed by atoms with Crippen LogP contribution in [0.3, 0.4) is 0 Å². The summed E-state index contributed by atoms with van der Waals surface area (Å²) in [6.07, 6.45) is 1.45. The third kappa shape index (κ3) is 5.12. The Hall–Kier alpha value is -2.76. The first kappa shape index (κ1) is 22.9. The van der Waals surface area contributed by atoms with Crippen LogP contribution in [-0.4, -0.2) is 49.6 Å². The van der Waals surface area contributed by atoms with Crippen LogP contribution >= 0.6 is 0 Å². The van der Waals surface area contributed by atoms with E-state index >= 15 is 4.39 Å². The Kier molecular flexibility index (Phi) is 7.08. The van der Waals surface area contributed by atoms with Crippen molar-refractivity contribution >= 4 is 26.7 Å². The summed E-state index contributed by atoms with van der Waals surface area (Å²) in [5, 5.41) is 11.2. The first-order valence-corrected chi connectivity index (χ1v) is 11.2. The van der Waals surface area contributed by atoms with Gasteiger partial charge in [0.15, 0.2) is 5.82 Å². The molecule has 1 aromatic carbocycles. The van der Waals surface area contributed by atoms with E-state index < -0.39 is 39.0 Å². The maximum Gasteiger partial charge on any atom is 0.232 e. The number of benzene rings is 1. The number of methoxy groups -OCH3 is 1. The highest BCUT2D eigenvalue weighted by Gasteiger charge is 2.26. The average molecular weight is 455 g/mol. The van der Waals surface area contributed by atoms with E-state index in [1.54, 1.807) is 13.0 Å². The van der Waals surface area contributed by atoms with Crippen molar-refractivity contribution in [1.29, 1.82) is 0 Å². The largest absolute Gasteiger partial charge is 0.490 e. The Morgan fingerprint density at radius 2 is 2.06 bits per heavy atom. The molecular formula is C20H23F2N3O5S. The fraction of sp³-hybridized carbons (Fsp3) is 0.350. The minimum absolute atomic E-state index is 0.158. The van der Waals surface area contributed by atoms with E-state index in [0.29, 0.717) is 29.8 Å². The highest BCUT2D eigenvalue weighted by molar-refractivity contribution is 7.92. The van der Waals surface area contributed by atoms with Crippen molar-refractivity contribution in [3.05, 3.63) is 53.4 Å². The highest BCUT2D eigenvalue weighted by Crippen LogP contribution is 2.35. The Morgan fingerprint density at radius 3 is 2.77 bits per heavy atom. The van der Waals surface area contributed by atoms with E-state index in [4.69, 9.17) is 9.47 Å². The van der Waals surface area contributed by atoms with E-state index in [-0.39, 0.29) is 17.9 Å². The number of hydrogen-bond donors (Lipinski definition) is 3. The van der Waals surface area contributed by atoms with Crippen LogP contribution in [0, 0.1) is 11.6 Å². The number of halogens is 2. The zero-order chi connectivity index (χ0) is 22.6. The Labute approximate surface area is 178 Å². The highest BCUT2D eigenvalue weighted by atomic mass is 32.2. The summed E-state index contributed by atoms with van der Waals surface area (Å²) in [6, 6.07) is 3.46. The van der Waals surface area contributed by atoms with Crippen LogP contribution in [0.1, 0.15) is 30.6 Å². The number of aromatic nitrogens is 2. The number of aliphatic hydroxyl groups excluding tert-OH is 1. The van der Waals surface area contributed by atoms with E-state index in [9.17, 15) is 17.9 Å². The molecule has 0 fully saturated rings. The van der Waals surface area contributed by atoms with E-state index in [1.807, 2.05) is 0 Å². The average Bonchev–Trinajstić information content (AvgIpc) is 3.13. The molecule has 3 rings (SSSR count). The molecule has 1 atom stereocenters. The first-order chi connectivity index (χ1) is 14.8. The molecular weight excluding hydrogens is 432 g/mol. The van der Waals surface area contributed by atoms with Crippen molar-refractivity contribution in [2.24, 2.45) is 0 Å². The number of H-pyrrole nitrogens is 1. The van der Waals surface area contributed by atoms with Gasteiger partial charge in [-0.3, -0.25) is 4.72 Å². The van der Waals surface area contributed by atoms with E-state index in [1.165, 1.54) is 19.5 Å². The Balaban J connectivity index is 1.98. The van der Waals surface area contributed by atoms with E-state index in [0.717, 1.165) is 12.1 Å². The van der Waals surface area contributed by atoms with Gasteiger partial charge >= 0.3 is 0 Å². The molecule has 0 aliphatic rings. The van der Waals surface area contributed by atoms with Crippen LogP contribution in [0.15, 0.2) is 30.6 Å². The number of anilines is 1. The molecule has 0 bridgehead atoms. The van der Waals surface area contributed by atoms with E-state index in [2.05, 4.69) is 14.7 Å². The van der Waals surface area contributed by atoms with Gasteiger partial charge < -0.3 is 19.6 Å². The molecule has 8 nitrogen and oxygen atoms in total. The summed E-state index contributed by atoms with van der Waals surface area (Å²) < 4.78 is 66.0. The molecule has 1 unspecified atom stereocenters. The van der Waals surface area contributed by atoms with Crippen molar-refractivity contribution in [2.75, 3.05) is 30.8 Å². The van der Waals surface area contributed by atoms with Crippen molar-refractivity contribution in [3.63, 3.8) is 0 Å². The smallest absolute Gasteiger partial charge is 0.232 e. The normalized spacial score (nSPS) is 12.8. The lowest BCUT2D eigenvalue weighted by molar-refractivity contribution is 0.146. The van der Waals surface area contributed by atoms with Crippen molar-refractivity contribution in [1.82, 2.24) is 9.97 Å². The maximum absolute atomic E-state index is 15.0. The zero-order valence-corrected chi connectivity index (χ0v) is 17.8. The molecule has 0 radical (unpaired) electrons. The fourth-order valence-electron chi connectivity index (χ4n) is 3.09. The minimum atomic E-state index is -3.80. The second-order valence-corrected chi connectivity index (χ2v) is 8.64. The molecule has 0 spiro atoms. The molecule has 168 valence electrons. The Bertz CT molecular complexity index is 1170. The van der Waals surface area contributed by atoms with Gasteiger partial charge in [-0.1, -0.05) is 6.92 Å². The summed E-state index contributed by atoms with van der Waals surface area (Å²) in [6.45, 7) is 2.29. The zero-order valence-electron chi connectivity index (χ0n) is 17.0. The number of fused-ring (bicyclic) bond motifs is 1. The molecule has 3 aromatic rings. The van der Waals surface area contributed by atoms with Crippen LogP contribution in [0.4, 0.5) is 14.5 Å². The number of aliphatic hydroxyl groups is 1. The molecule has 0 saturated carbocycles. The lowest BCUT2D eigenvalue weighted by Crippen LogP contribution is -2.18. The number of nitrogens with zero attached hydrogens (tertiary/aromatic N) is 1. The second kappa shape index (κ2) is 9.58. The number of ether oxygens (including phenoxy) is 2. The van der Waals surface area contributed by atoms with Crippen LogP contribution in [0.25, 0.3) is 11.0 Å². The lowest BCUT2D eigenvalue weighted by Gasteiger charge is -2.16. The second-order valence-electron chi connectivity index (χ2n) is 6.80. The van der Waals surface area contributed by atoms with Gasteiger partial charge in [0.2, 0.25) is 10.0 Å². The summed E-state index contributed by atoms with van der Waals surface area (Å²) in [7, 11) is -2.27. The van der Waals surface area contributed by atoms with Gasteiger partial charge in [0.25, 0.3) is 0 Å². The monoisotopic (exact) mass is 455 g/mol. The number of sulfonamides is 1. The van der Waals surface area contributed by atoms with Gasteiger partial charge in [-0.15, -0.1) is 0 Å². The maximum atomic E-state index is 15.0. The standard InChI is InChI=1S/C20H23F2N3O5S/c1-3-8-31(27,28)25-16-5-4-15(21)17(18(16)22)19(26)14-11-24-20-13(14)9-12(10-23-20)30-7-6-29-2/h4-5,9-11,19,25-26H,3,6-8H2,1-2H3,(H,23,24). The molecule has 2 aromatic heterocycles. The molecule has 0 aliphatic carbocycles. The molecule has 11 heteroatoms. The van der Waals surface area contributed by atoms with Crippen molar-refractivity contribution < 1.29 is 31.8 Å². The third-order valence-corrected chi connectivity index (χ3v) is 6.00. The molecule has 0 aliphatic heterocycles. The number of nitrogens with one attached hydrogen (secondary N) is 2. The first-order valence-electron chi connectivity index (χ1n) is 9.52. The summed E-state index contributed by atoms with van der Waals surface area (Å²) in [5.41, 5.74) is -0.575. The SMILES string of the molecule is CCCS(=O)(=O)Nc1ccc(F)c(C(O)c2c[nH]c3ncc(OCCOC)cc23)c1F. The fourth-order valence-corrected chi connectivity index (χ4v) is 4.23. The molecule has 0 saturated heterocycles. The predicted octanol–water partition coefficient (Wildman–Crippen LogP) is 3.10. The van der Waals surface area contributed by atoms with Crippen molar-refractivity contribution in [2.45, 2.75) is 19.4 Å². The number of aromatic amines is 1. The van der Waals surface area contributed by atoms with Gasteiger partial charge in [-0.05, 0) is 24.6 Å². The van der Waals surface area contributed by atoms with Gasteiger partial charge in [0, 0.05) is 24.3 Å². The quantitative estimate of drug-likeness (QED) is 0.405. The van der Waals surface area contributed by atoms with Crippen LogP contribution in [0.5, 0.6) is 5.75 Å². The van der Waals surface area contributed by atoms with Gasteiger partial charge in [0.05, 0.1) is 29.8 Å². The van der Waals surface area contributed by atoms with Crippen molar-refractivity contribution in [3.8, 4) is 5.75 Å².